The molecule has 49 heavy (non-hydrogen) atoms. The average molecular weight is 797 g/mol. The predicted molar refractivity (Wildman–Crippen MR) is 194 cm³/mol. The molecule has 1 N–H and O–H groups in total. The summed E-state index contributed by atoms with van der Waals surface area (Å²) in [6, 6.07) is 50.0. The van der Waals surface area contributed by atoms with Crippen LogP contribution in [0.25, 0.3) is 0 Å². The van der Waals surface area contributed by atoms with E-state index in [1.807, 2.05) is 78.9 Å². The number of hydrogen-bond acceptors (Lipinski definition) is 5. The summed E-state index contributed by atoms with van der Waals surface area (Å²) in [5.74, 6) is -0.369. The number of esters is 1. The van der Waals surface area contributed by atoms with E-state index in [-0.39, 0.29) is 35.6 Å². The molecule has 5 aromatic rings. The van der Waals surface area contributed by atoms with E-state index in [0.717, 1.165) is 16.7 Å². The van der Waals surface area contributed by atoms with E-state index in [1.165, 1.54) is 15.9 Å². The number of carbonyl (C=O) groups excluding carboxylic acids is 3. The first-order valence-electron chi connectivity index (χ1n) is 15.8. The van der Waals surface area contributed by atoms with Gasteiger partial charge in [0.15, 0.2) is 6.10 Å². The standard InChI is InChI=1S/C40H33N2O4PS.HI/c43-28-41-35-38(44)42-36(40(45)46-37(29-16-6-1-7-17-29)30-18-8-2-9-19-30)31(27-48-39(35)42)26-47(32-20-10-3-11-21-32,33-22-12-4-13-23-33)34-24-14-5-15-25-34;/h1-25,28,35,37,39H,26-27H2;1H/t35?,39-;/m0./s1. The number of β-lactam (4-membered cyclic amide) rings is 1. The molecule has 6 nitrogen and oxygen atoms in total. The molecule has 246 valence electrons. The van der Waals surface area contributed by atoms with Gasteiger partial charge in [0.05, 0.1) is 6.16 Å². The van der Waals surface area contributed by atoms with Crippen LogP contribution in [0.1, 0.15) is 17.2 Å². The third-order valence-electron chi connectivity index (χ3n) is 8.94. The minimum atomic E-state index is -2.41. The van der Waals surface area contributed by atoms with Crippen LogP contribution in [-0.2, 0) is 19.1 Å². The summed E-state index contributed by atoms with van der Waals surface area (Å²) in [5.41, 5.74) is 2.78. The smallest absolute Gasteiger partial charge is 0.356 e. The lowest BCUT2D eigenvalue weighted by Crippen LogP contribution is -3.00. The first kappa shape index (κ1) is 34.6. The molecule has 2 amide bonds. The first-order valence-corrected chi connectivity index (χ1v) is 18.9. The predicted octanol–water partition coefficient (Wildman–Crippen LogP) is 2.60. The van der Waals surface area contributed by atoms with Crippen molar-refractivity contribution in [3.8, 4) is 0 Å². The Bertz CT molecular complexity index is 1800. The maximum Gasteiger partial charge on any atom is 0.356 e. The van der Waals surface area contributed by atoms with Crippen molar-refractivity contribution in [3.63, 3.8) is 0 Å². The molecule has 9 heteroatoms. The van der Waals surface area contributed by atoms with Crippen molar-refractivity contribution in [2.45, 2.75) is 17.5 Å². The number of nitrogens with one attached hydrogen (secondary N) is 1. The Morgan fingerprint density at radius 3 is 1.61 bits per heavy atom. The van der Waals surface area contributed by atoms with Crippen LogP contribution in [0.5, 0.6) is 0 Å². The van der Waals surface area contributed by atoms with E-state index in [9.17, 15) is 14.4 Å². The second kappa shape index (κ2) is 15.5. The lowest BCUT2D eigenvalue weighted by Gasteiger charge is -2.49. The molecular formula is C40H34IN2O4PS. The molecule has 0 aliphatic carbocycles. The van der Waals surface area contributed by atoms with Crippen LogP contribution in [0.4, 0.5) is 0 Å². The zero-order chi connectivity index (χ0) is 32.9. The van der Waals surface area contributed by atoms with Gasteiger partial charge in [-0.25, -0.2) is 4.79 Å². The van der Waals surface area contributed by atoms with Crippen LogP contribution >= 0.6 is 19.0 Å². The number of hydrogen-bond donors (Lipinski definition) is 1. The number of amides is 2. The summed E-state index contributed by atoms with van der Waals surface area (Å²) in [7, 11) is -2.41. The summed E-state index contributed by atoms with van der Waals surface area (Å²) in [6.45, 7) is 0. The zero-order valence-electron chi connectivity index (χ0n) is 26.5. The third kappa shape index (κ3) is 6.70. The normalized spacial score (nSPS) is 17.0. The molecule has 1 unspecified atom stereocenters. The van der Waals surface area contributed by atoms with Crippen molar-refractivity contribution in [1.29, 1.82) is 0 Å². The maximum atomic E-state index is 14.7. The highest BCUT2D eigenvalue weighted by Crippen LogP contribution is 2.58. The van der Waals surface area contributed by atoms with Crippen molar-refractivity contribution in [2.24, 2.45) is 0 Å². The molecule has 2 aliphatic rings. The quantitative estimate of drug-likeness (QED) is 0.0733. The zero-order valence-corrected chi connectivity index (χ0v) is 30.3. The molecule has 1 saturated heterocycles. The molecule has 0 saturated carbocycles. The number of thioether (sulfide) groups is 1. The third-order valence-corrected chi connectivity index (χ3v) is 14.7. The molecule has 7 rings (SSSR count). The highest BCUT2D eigenvalue weighted by Gasteiger charge is 2.56. The van der Waals surface area contributed by atoms with Crippen LogP contribution in [0.3, 0.4) is 0 Å². The molecule has 0 radical (unpaired) electrons. The highest BCUT2D eigenvalue weighted by molar-refractivity contribution is 8.00. The van der Waals surface area contributed by atoms with E-state index in [0.29, 0.717) is 18.3 Å². The largest absolute Gasteiger partial charge is 1.00 e. The van der Waals surface area contributed by atoms with Gasteiger partial charge in [0.1, 0.15) is 40.3 Å². The Morgan fingerprint density at radius 2 is 1.18 bits per heavy atom. The van der Waals surface area contributed by atoms with E-state index in [1.54, 1.807) is 16.7 Å². The fourth-order valence-corrected chi connectivity index (χ4v) is 12.5. The van der Waals surface area contributed by atoms with Gasteiger partial charge in [-0.1, -0.05) is 115 Å². The second-order valence-electron chi connectivity index (χ2n) is 11.7. The monoisotopic (exact) mass is 796 g/mol. The van der Waals surface area contributed by atoms with E-state index in [4.69, 9.17) is 4.74 Å². The summed E-state index contributed by atoms with van der Waals surface area (Å²) in [4.78, 5) is 41.4. The Kier molecular flexibility index (Phi) is 11.0. The lowest BCUT2D eigenvalue weighted by molar-refractivity contribution is -0.154. The minimum absolute atomic E-state index is 0. The van der Waals surface area contributed by atoms with E-state index >= 15 is 0 Å². The molecular weight excluding hydrogens is 762 g/mol. The van der Waals surface area contributed by atoms with Gasteiger partial charge in [0.2, 0.25) is 6.41 Å². The van der Waals surface area contributed by atoms with Gasteiger partial charge < -0.3 is 34.0 Å². The first-order chi connectivity index (χ1) is 23.6. The molecule has 2 aliphatic heterocycles. The number of halogens is 1. The van der Waals surface area contributed by atoms with Crippen LogP contribution in [0.15, 0.2) is 163 Å². The minimum Gasteiger partial charge on any atom is -1.00 e. The second-order valence-corrected chi connectivity index (χ2v) is 16.3. The van der Waals surface area contributed by atoms with Gasteiger partial charge in [-0.3, -0.25) is 14.5 Å². The topological polar surface area (TPSA) is 75.7 Å². The lowest BCUT2D eigenvalue weighted by atomic mass is 10.0. The molecule has 0 spiro atoms. The molecule has 5 aromatic carbocycles. The molecule has 1 fully saturated rings. The van der Waals surface area contributed by atoms with Crippen molar-refractivity contribution < 1.29 is 43.1 Å². The van der Waals surface area contributed by atoms with Crippen LogP contribution in [0.2, 0.25) is 0 Å². The Labute approximate surface area is 308 Å². The summed E-state index contributed by atoms with van der Waals surface area (Å²) >= 11 is 1.57. The van der Waals surface area contributed by atoms with Crippen molar-refractivity contribution in [2.75, 3.05) is 11.9 Å². The van der Waals surface area contributed by atoms with Gasteiger partial charge in [-0.05, 0) is 47.5 Å². The van der Waals surface area contributed by atoms with E-state index < -0.39 is 30.8 Å². The summed E-state index contributed by atoms with van der Waals surface area (Å²) < 4.78 is 6.44. The van der Waals surface area contributed by atoms with Gasteiger partial charge >= 0.3 is 5.97 Å². The number of ether oxygens (including phenoxy) is 1. The van der Waals surface area contributed by atoms with Crippen LogP contribution < -0.4 is 45.2 Å². The van der Waals surface area contributed by atoms with Crippen molar-refractivity contribution in [3.05, 3.63) is 174 Å². The molecule has 2 atom stereocenters. The van der Waals surface area contributed by atoms with E-state index in [2.05, 4.69) is 78.1 Å². The number of rotatable bonds is 11. The summed E-state index contributed by atoms with van der Waals surface area (Å²) in [5, 5.41) is 5.79. The highest BCUT2D eigenvalue weighted by atomic mass is 127. The molecule has 0 aromatic heterocycles. The number of benzene rings is 5. The van der Waals surface area contributed by atoms with Gasteiger partial charge in [-0.15, -0.1) is 11.8 Å². The fourth-order valence-electron chi connectivity index (χ4n) is 6.69. The average Bonchev–Trinajstić information content (AvgIpc) is 3.16. The number of fused-ring (bicyclic) bond motifs is 1. The number of carbonyl (C=O) groups is 3. The van der Waals surface area contributed by atoms with Crippen LogP contribution in [0, 0.1) is 0 Å². The van der Waals surface area contributed by atoms with Crippen molar-refractivity contribution in [1.82, 2.24) is 10.2 Å². The SMILES string of the molecule is O=CNC1C(=O)N2C(C(=O)OC(c3ccccc3)c3ccccc3)=C(C[P+](c3ccccc3)(c3ccccc3)c3ccccc3)CS[C@@H]12.[I-]. The Balaban J connectivity index is 0.00000417. The fraction of sp³-hybridized carbons (Fsp3) is 0.125. The Morgan fingerprint density at radius 1 is 0.755 bits per heavy atom. The van der Waals surface area contributed by atoms with Crippen LogP contribution in [-0.4, -0.2) is 46.5 Å². The molecule has 2 heterocycles. The maximum absolute atomic E-state index is 14.7. The van der Waals surface area contributed by atoms with Gasteiger partial charge in [-0.2, -0.15) is 0 Å². The number of nitrogens with zero attached hydrogens (tertiary/aromatic N) is 1. The van der Waals surface area contributed by atoms with Gasteiger partial charge in [0, 0.05) is 11.3 Å². The Hall–Kier alpha value is -4.24. The van der Waals surface area contributed by atoms with Crippen molar-refractivity contribution >= 4 is 53.2 Å². The summed E-state index contributed by atoms with van der Waals surface area (Å²) in [6.07, 6.45) is 0.403. The van der Waals surface area contributed by atoms with Gasteiger partial charge in [0.25, 0.3) is 5.91 Å². The molecule has 0 bridgehead atoms.